The molecule has 2 aromatic carbocycles. The number of aliphatic imine (C=N–C) groups is 1. The van der Waals surface area contributed by atoms with E-state index in [0.29, 0.717) is 24.5 Å². The number of benzene rings is 2. The fourth-order valence-corrected chi connectivity index (χ4v) is 3.06. The van der Waals surface area contributed by atoms with Crippen LogP contribution in [-0.2, 0) is 0 Å². The summed E-state index contributed by atoms with van der Waals surface area (Å²) in [4.78, 5) is 16.4. The highest BCUT2D eigenvalue weighted by Crippen LogP contribution is 2.29. The van der Waals surface area contributed by atoms with Gasteiger partial charge in [0.25, 0.3) is 5.91 Å². The monoisotopic (exact) mass is 385 g/mol. The summed E-state index contributed by atoms with van der Waals surface area (Å²) in [5, 5.41) is 44.6. The molecule has 0 unspecified atom stereocenters. The standard InChI is InChI=1S/C20H23N3O5/c24-15-8-3-6-13(17(15)26)19-22-11-12(23-19)5-1-2-10-21-20(28)14-7-4-9-16(25)18(14)27/h3-4,6-9,12,24-27H,1-2,5,10-11H2,(H,21,28)(H,22,23)/t12-/m0/s1. The molecule has 1 atom stereocenters. The van der Waals surface area contributed by atoms with Crippen molar-refractivity contribution in [1.29, 1.82) is 0 Å². The number of para-hydroxylation sites is 2. The summed E-state index contributed by atoms with van der Waals surface area (Å²) in [6.07, 6.45) is 2.43. The Hall–Kier alpha value is -3.42. The van der Waals surface area contributed by atoms with E-state index in [1.54, 1.807) is 12.1 Å². The smallest absolute Gasteiger partial charge is 0.255 e. The number of aromatic hydroxyl groups is 4. The Morgan fingerprint density at radius 2 is 1.75 bits per heavy atom. The Morgan fingerprint density at radius 3 is 2.54 bits per heavy atom. The van der Waals surface area contributed by atoms with E-state index in [4.69, 9.17) is 0 Å². The molecule has 148 valence electrons. The van der Waals surface area contributed by atoms with Crippen LogP contribution in [0.25, 0.3) is 0 Å². The van der Waals surface area contributed by atoms with Crippen molar-refractivity contribution in [2.24, 2.45) is 4.99 Å². The quantitative estimate of drug-likeness (QED) is 0.318. The van der Waals surface area contributed by atoms with Crippen LogP contribution < -0.4 is 10.6 Å². The van der Waals surface area contributed by atoms with Gasteiger partial charge in [-0.3, -0.25) is 9.79 Å². The van der Waals surface area contributed by atoms with Gasteiger partial charge in [-0.2, -0.15) is 0 Å². The average molecular weight is 385 g/mol. The van der Waals surface area contributed by atoms with Gasteiger partial charge in [-0.1, -0.05) is 12.1 Å². The zero-order valence-corrected chi connectivity index (χ0v) is 15.2. The van der Waals surface area contributed by atoms with Gasteiger partial charge in [-0.15, -0.1) is 0 Å². The fourth-order valence-electron chi connectivity index (χ4n) is 3.06. The second-order valence-electron chi connectivity index (χ2n) is 6.63. The molecule has 1 aliphatic rings. The molecule has 0 saturated heterocycles. The number of nitrogens with zero attached hydrogens (tertiary/aromatic N) is 1. The maximum Gasteiger partial charge on any atom is 0.255 e. The highest BCUT2D eigenvalue weighted by molar-refractivity contribution is 6.02. The number of phenols is 4. The molecule has 0 saturated carbocycles. The van der Waals surface area contributed by atoms with Crippen molar-refractivity contribution in [1.82, 2.24) is 10.6 Å². The Balaban J connectivity index is 1.39. The lowest BCUT2D eigenvalue weighted by atomic mass is 10.1. The molecule has 1 aliphatic heterocycles. The van der Waals surface area contributed by atoms with Crippen LogP contribution in [0.2, 0.25) is 0 Å². The van der Waals surface area contributed by atoms with Gasteiger partial charge in [-0.05, 0) is 43.5 Å². The first-order chi connectivity index (χ1) is 13.5. The van der Waals surface area contributed by atoms with E-state index in [1.165, 1.54) is 24.3 Å². The zero-order chi connectivity index (χ0) is 20.1. The van der Waals surface area contributed by atoms with Gasteiger partial charge in [0.2, 0.25) is 0 Å². The van der Waals surface area contributed by atoms with E-state index in [0.717, 1.165) is 19.3 Å². The van der Waals surface area contributed by atoms with Crippen LogP contribution in [0, 0.1) is 0 Å². The molecule has 0 fully saturated rings. The Morgan fingerprint density at radius 1 is 1.04 bits per heavy atom. The first kappa shape index (κ1) is 19.3. The van der Waals surface area contributed by atoms with E-state index in [2.05, 4.69) is 15.6 Å². The van der Waals surface area contributed by atoms with Crippen molar-refractivity contribution >= 4 is 11.7 Å². The highest BCUT2D eigenvalue weighted by atomic mass is 16.3. The van der Waals surface area contributed by atoms with Crippen molar-refractivity contribution in [3.8, 4) is 23.0 Å². The minimum atomic E-state index is -0.433. The van der Waals surface area contributed by atoms with Crippen LogP contribution in [-0.4, -0.2) is 51.3 Å². The lowest BCUT2D eigenvalue weighted by Gasteiger charge is -2.13. The molecule has 0 bridgehead atoms. The maximum absolute atomic E-state index is 12.0. The van der Waals surface area contributed by atoms with Crippen molar-refractivity contribution in [2.75, 3.05) is 13.1 Å². The number of hydrogen-bond donors (Lipinski definition) is 6. The Bertz CT molecular complexity index is 897. The molecule has 2 aromatic rings. The summed E-state index contributed by atoms with van der Waals surface area (Å²) in [6.45, 7) is 1.02. The summed E-state index contributed by atoms with van der Waals surface area (Å²) in [7, 11) is 0. The number of amidine groups is 1. The normalized spacial score (nSPS) is 15.7. The van der Waals surface area contributed by atoms with Gasteiger partial charge < -0.3 is 31.1 Å². The summed E-state index contributed by atoms with van der Waals surface area (Å²) < 4.78 is 0. The third-order valence-electron chi connectivity index (χ3n) is 4.60. The number of rotatable bonds is 7. The van der Waals surface area contributed by atoms with Gasteiger partial charge in [0.1, 0.15) is 5.84 Å². The van der Waals surface area contributed by atoms with Crippen LogP contribution >= 0.6 is 0 Å². The van der Waals surface area contributed by atoms with Crippen LogP contribution in [0.15, 0.2) is 41.4 Å². The molecule has 8 nitrogen and oxygen atoms in total. The molecule has 6 N–H and O–H groups in total. The number of nitrogens with one attached hydrogen (secondary N) is 2. The number of unbranched alkanes of at least 4 members (excludes halogenated alkanes) is 1. The summed E-state index contributed by atoms with van der Waals surface area (Å²) in [5.41, 5.74) is 0.516. The van der Waals surface area contributed by atoms with Crippen LogP contribution in [0.4, 0.5) is 0 Å². The van der Waals surface area contributed by atoms with E-state index in [9.17, 15) is 25.2 Å². The SMILES string of the molecule is O=C(NCCCC[C@H]1CN=C(c2cccc(O)c2O)N1)c1cccc(O)c1O. The third kappa shape index (κ3) is 4.28. The van der Waals surface area contributed by atoms with E-state index in [1.807, 2.05) is 0 Å². The second kappa shape index (κ2) is 8.51. The molecule has 1 amide bonds. The second-order valence-corrected chi connectivity index (χ2v) is 6.63. The van der Waals surface area contributed by atoms with Gasteiger partial charge in [-0.25, -0.2) is 0 Å². The molecular formula is C20H23N3O5. The van der Waals surface area contributed by atoms with E-state index >= 15 is 0 Å². The predicted molar refractivity (Wildman–Crippen MR) is 104 cm³/mol. The number of amides is 1. The maximum atomic E-state index is 12.0. The summed E-state index contributed by atoms with van der Waals surface area (Å²) in [5.74, 6) is -0.988. The molecule has 28 heavy (non-hydrogen) atoms. The first-order valence-corrected chi connectivity index (χ1v) is 9.09. The molecule has 0 radical (unpaired) electrons. The number of carbonyl (C=O) groups is 1. The third-order valence-corrected chi connectivity index (χ3v) is 4.60. The van der Waals surface area contributed by atoms with Crippen LogP contribution in [0.5, 0.6) is 23.0 Å². The number of phenolic OH excluding ortho intramolecular Hbond substituents is 4. The lowest BCUT2D eigenvalue weighted by molar-refractivity contribution is 0.0949. The van der Waals surface area contributed by atoms with Crippen molar-refractivity contribution in [2.45, 2.75) is 25.3 Å². The molecule has 0 aliphatic carbocycles. The highest BCUT2D eigenvalue weighted by Gasteiger charge is 2.21. The van der Waals surface area contributed by atoms with E-state index < -0.39 is 11.7 Å². The van der Waals surface area contributed by atoms with Crippen LogP contribution in [0.3, 0.4) is 0 Å². The topological polar surface area (TPSA) is 134 Å². The number of hydrogen-bond acceptors (Lipinski definition) is 7. The first-order valence-electron chi connectivity index (χ1n) is 9.09. The lowest BCUT2D eigenvalue weighted by Crippen LogP contribution is -2.31. The molecule has 0 spiro atoms. The van der Waals surface area contributed by atoms with Gasteiger partial charge in [0.05, 0.1) is 17.7 Å². The molecular weight excluding hydrogens is 362 g/mol. The Kier molecular flexibility index (Phi) is 5.88. The average Bonchev–Trinajstić information content (AvgIpc) is 3.14. The number of carbonyl (C=O) groups excluding carboxylic acids is 1. The predicted octanol–water partition coefficient (Wildman–Crippen LogP) is 1.83. The Labute approximate surface area is 162 Å². The van der Waals surface area contributed by atoms with Crippen molar-refractivity contribution < 1.29 is 25.2 Å². The molecule has 0 aromatic heterocycles. The summed E-state index contributed by atoms with van der Waals surface area (Å²) >= 11 is 0. The zero-order valence-electron chi connectivity index (χ0n) is 15.2. The summed E-state index contributed by atoms with van der Waals surface area (Å²) in [6, 6.07) is 9.14. The molecule has 1 heterocycles. The molecule has 3 rings (SSSR count). The van der Waals surface area contributed by atoms with Crippen molar-refractivity contribution in [3.63, 3.8) is 0 Å². The molecule has 8 heteroatoms. The largest absolute Gasteiger partial charge is 0.504 e. The van der Waals surface area contributed by atoms with Gasteiger partial charge in [0, 0.05) is 12.6 Å². The van der Waals surface area contributed by atoms with Gasteiger partial charge in [0.15, 0.2) is 23.0 Å². The fraction of sp³-hybridized carbons (Fsp3) is 0.300. The van der Waals surface area contributed by atoms with E-state index in [-0.39, 0.29) is 28.9 Å². The van der Waals surface area contributed by atoms with Crippen LogP contribution in [0.1, 0.15) is 35.2 Å². The minimum absolute atomic E-state index is 0.0430. The minimum Gasteiger partial charge on any atom is -0.504 e. The van der Waals surface area contributed by atoms with Crippen molar-refractivity contribution in [3.05, 3.63) is 47.5 Å². The van der Waals surface area contributed by atoms with Gasteiger partial charge >= 0.3 is 0 Å².